The summed E-state index contributed by atoms with van der Waals surface area (Å²) in [6, 6.07) is 44.1. The Morgan fingerprint density at radius 3 is 1.60 bits per heavy atom. The first kappa shape index (κ1) is 22.6. The van der Waals surface area contributed by atoms with Crippen molar-refractivity contribution in [1.82, 2.24) is 9.97 Å². The minimum absolute atomic E-state index is 1.13. The molecule has 0 atom stereocenters. The highest BCUT2D eigenvalue weighted by atomic mass is 14.6. The third kappa shape index (κ3) is 3.65. The van der Waals surface area contributed by atoms with E-state index in [1.165, 1.54) is 71.3 Å². The minimum Gasteiger partial charge on any atom is -0.265 e. The van der Waals surface area contributed by atoms with Crippen LogP contribution in [0, 0.1) is 0 Å². The first-order valence-electron chi connectivity index (χ1n) is 13.6. The molecule has 2 heteroatoms. The summed E-state index contributed by atoms with van der Waals surface area (Å²) in [6.45, 7) is 0. The Morgan fingerprint density at radius 1 is 0.350 bits per heavy atom. The van der Waals surface area contributed by atoms with Crippen molar-refractivity contribution < 1.29 is 0 Å². The van der Waals surface area contributed by atoms with Gasteiger partial charge in [-0.25, -0.2) is 0 Å². The normalized spacial score (nSPS) is 11.5. The SMILES string of the molecule is c1cncc(-c2cccc(-c3ccc4ccc5c(-c6ccc(-c7ccncc7)cc6)ccc6ccc3c4c65)c2)c1. The minimum atomic E-state index is 1.13. The third-order valence-corrected chi connectivity index (χ3v) is 8.04. The molecule has 8 aromatic rings. The lowest BCUT2D eigenvalue weighted by molar-refractivity contribution is 1.33. The van der Waals surface area contributed by atoms with Crippen LogP contribution in [-0.2, 0) is 0 Å². The molecule has 0 aliphatic heterocycles. The Kier molecular flexibility index (Phi) is 5.17. The molecule has 0 aliphatic rings. The molecule has 186 valence electrons. The lowest BCUT2D eigenvalue weighted by Crippen LogP contribution is -1.90. The second-order valence-electron chi connectivity index (χ2n) is 10.3. The van der Waals surface area contributed by atoms with Gasteiger partial charge in [0, 0.05) is 30.4 Å². The molecule has 0 saturated carbocycles. The molecule has 2 aromatic heterocycles. The summed E-state index contributed by atoms with van der Waals surface area (Å²) in [6.07, 6.45) is 7.42. The maximum absolute atomic E-state index is 4.32. The number of rotatable bonds is 4. The number of benzene rings is 6. The second kappa shape index (κ2) is 9.14. The van der Waals surface area contributed by atoms with Gasteiger partial charge >= 0.3 is 0 Å². The molecule has 0 fully saturated rings. The largest absolute Gasteiger partial charge is 0.265 e. The van der Waals surface area contributed by atoms with Crippen LogP contribution in [-0.4, -0.2) is 9.97 Å². The standard InChI is InChI=1S/C38H24N2/c1-3-30(32-5-2-20-40-24-32)23-31(4-1)34-15-11-29-12-16-35-33(14-10-28-13-17-36(34)38(29)37(28)35)27-8-6-25(7-9-27)26-18-21-39-22-19-26/h1-24H. The Hall–Kier alpha value is -5.34. The molecular formula is C38H24N2. The van der Waals surface area contributed by atoms with Gasteiger partial charge in [-0.1, -0.05) is 97.1 Å². The Morgan fingerprint density at radius 2 is 0.925 bits per heavy atom. The molecule has 0 unspecified atom stereocenters. The Balaban J connectivity index is 1.30. The van der Waals surface area contributed by atoms with E-state index in [-0.39, 0.29) is 0 Å². The van der Waals surface area contributed by atoms with Gasteiger partial charge in [0.25, 0.3) is 0 Å². The van der Waals surface area contributed by atoms with Gasteiger partial charge < -0.3 is 0 Å². The lowest BCUT2D eigenvalue weighted by Gasteiger charge is -2.17. The summed E-state index contributed by atoms with van der Waals surface area (Å²) in [7, 11) is 0. The van der Waals surface area contributed by atoms with E-state index in [1.54, 1.807) is 0 Å². The highest BCUT2D eigenvalue weighted by Crippen LogP contribution is 2.42. The Labute approximate surface area is 232 Å². The predicted octanol–water partition coefficient (Wildman–Crippen LogP) is 10.0. The lowest BCUT2D eigenvalue weighted by atomic mass is 9.87. The van der Waals surface area contributed by atoms with E-state index in [1.807, 2.05) is 30.9 Å². The van der Waals surface area contributed by atoms with Crippen LogP contribution in [0.25, 0.3) is 76.8 Å². The fourth-order valence-electron chi connectivity index (χ4n) is 6.09. The van der Waals surface area contributed by atoms with Crippen LogP contribution in [0.2, 0.25) is 0 Å². The van der Waals surface area contributed by atoms with Gasteiger partial charge in [0.15, 0.2) is 0 Å². The molecule has 0 radical (unpaired) electrons. The van der Waals surface area contributed by atoms with Gasteiger partial charge in [0.1, 0.15) is 0 Å². The van der Waals surface area contributed by atoms with Crippen molar-refractivity contribution in [2.75, 3.05) is 0 Å². The van der Waals surface area contributed by atoms with Gasteiger partial charge in [-0.15, -0.1) is 0 Å². The van der Waals surface area contributed by atoms with Crippen LogP contribution < -0.4 is 0 Å². The van der Waals surface area contributed by atoms with E-state index in [4.69, 9.17) is 0 Å². The van der Waals surface area contributed by atoms with Gasteiger partial charge in [0.2, 0.25) is 0 Å². The molecule has 8 rings (SSSR count). The van der Waals surface area contributed by atoms with E-state index in [2.05, 4.69) is 125 Å². The van der Waals surface area contributed by atoms with Crippen molar-refractivity contribution in [2.45, 2.75) is 0 Å². The van der Waals surface area contributed by atoms with E-state index in [9.17, 15) is 0 Å². The van der Waals surface area contributed by atoms with Crippen molar-refractivity contribution in [2.24, 2.45) is 0 Å². The van der Waals surface area contributed by atoms with Crippen molar-refractivity contribution >= 4 is 32.3 Å². The first-order valence-corrected chi connectivity index (χ1v) is 13.6. The topological polar surface area (TPSA) is 25.8 Å². The average Bonchev–Trinajstić information content (AvgIpc) is 3.04. The third-order valence-electron chi connectivity index (χ3n) is 8.04. The average molecular weight is 509 g/mol. The molecule has 0 spiro atoms. The van der Waals surface area contributed by atoms with Gasteiger partial charge in [0.05, 0.1) is 0 Å². The molecule has 0 N–H and O–H groups in total. The van der Waals surface area contributed by atoms with E-state index in [0.29, 0.717) is 0 Å². The van der Waals surface area contributed by atoms with E-state index in [0.717, 1.165) is 5.56 Å². The van der Waals surface area contributed by atoms with Crippen LogP contribution in [0.5, 0.6) is 0 Å². The molecule has 0 saturated heterocycles. The van der Waals surface area contributed by atoms with Crippen molar-refractivity contribution in [3.05, 3.63) is 146 Å². The Bertz CT molecular complexity index is 2130. The van der Waals surface area contributed by atoms with Crippen LogP contribution in [0.15, 0.2) is 146 Å². The zero-order chi connectivity index (χ0) is 26.5. The van der Waals surface area contributed by atoms with Crippen molar-refractivity contribution in [1.29, 1.82) is 0 Å². The smallest absolute Gasteiger partial charge is 0.0346 e. The summed E-state index contributed by atoms with van der Waals surface area (Å²) in [4.78, 5) is 8.47. The van der Waals surface area contributed by atoms with E-state index >= 15 is 0 Å². The fraction of sp³-hybridized carbons (Fsp3) is 0. The van der Waals surface area contributed by atoms with Crippen LogP contribution in [0.1, 0.15) is 0 Å². The second-order valence-corrected chi connectivity index (χ2v) is 10.3. The summed E-state index contributed by atoms with van der Waals surface area (Å²) in [5.41, 5.74) is 9.62. The molecule has 0 aliphatic carbocycles. The molecule has 0 amide bonds. The summed E-state index contributed by atoms with van der Waals surface area (Å²) in [5.74, 6) is 0. The van der Waals surface area contributed by atoms with Gasteiger partial charge in [-0.05, 0) is 95.5 Å². The predicted molar refractivity (Wildman–Crippen MR) is 167 cm³/mol. The zero-order valence-electron chi connectivity index (χ0n) is 21.8. The van der Waals surface area contributed by atoms with Crippen molar-refractivity contribution in [3.63, 3.8) is 0 Å². The molecule has 40 heavy (non-hydrogen) atoms. The van der Waals surface area contributed by atoms with Gasteiger partial charge in [-0.3, -0.25) is 9.97 Å². The van der Waals surface area contributed by atoms with Gasteiger partial charge in [-0.2, -0.15) is 0 Å². The number of pyridine rings is 2. The maximum Gasteiger partial charge on any atom is 0.0346 e. The van der Waals surface area contributed by atoms with Crippen LogP contribution >= 0.6 is 0 Å². The molecule has 0 bridgehead atoms. The summed E-state index contributed by atoms with van der Waals surface area (Å²) >= 11 is 0. The fourth-order valence-corrected chi connectivity index (χ4v) is 6.09. The van der Waals surface area contributed by atoms with Crippen LogP contribution in [0.4, 0.5) is 0 Å². The molecule has 2 heterocycles. The summed E-state index contributed by atoms with van der Waals surface area (Å²) in [5, 5.41) is 7.76. The highest BCUT2D eigenvalue weighted by Gasteiger charge is 2.15. The summed E-state index contributed by atoms with van der Waals surface area (Å²) < 4.78 is 0. The molecule has 2 nitrogen and oxygen atoms in total. The molecule has 6 aromatic carbocycles. The number of nitrogens with zero attached hydrogens (tertiary/aromatic N) is 2. The quantitative estimate of drug-likeness (QED) is 0.221. The zero-order valence-corrected chi connectivity index (χ0v) is 21.8. The van der Waals surface area contributed by atoms with Crippen molar-refractivity contribution in [3.8, 4) is 44.5 Å². The van der Waals surface area contributed by atoms with Crippen LogP contribution in [0.3, 0.4) is 0 Å². The number of hydrogen-bond donors (Lipinski definition) is 0. The molecular weight excluding hydrogens is 484 g/mol. The maximum atomic E-state index is 4.32. The number of aromatic nitrogens is 2. The monoisotopic (exact) mass is 508 g/mol. The number of hydrogen-bond acceptors (Lipinski definition) is 2. The first-order chi connectivity index (χ1) is 19.8. The van der Waals surface area contributed by atoms with E-state index < -0.39 is 0 Å². The highest BCUT2D eigenvalue weighted by molar-refractivity contribution is 6.27.